The maximum atomic E-state index is 11.7. The van der Waals surface area contributed by atoms with Crippen molar-refractivity contribution >= 4 is 23.3 Å². The Morgan fingerprint density at radius 2 is 2.11 bits per heavy atom. The van der Waals surface area contributed by atoms with Gasteiger partial charge in [-0.2, -0.15) is 0 Å². The van der Waals surface area contributed by atoms with Gasteiger partial charge in [0.15, 0.2) is 0 Å². The highest BCUT2D eigenvalue weighted by Crippen LogP contribution is 2.29. The highest BCUT2D eigenvalue weighted by molar-refractivity contribution is 7.07. The molecule has 0 bridgehead atoms. The van der Waals surface area contributed by atoms with Crippen molar-refractivity contribution in [2.45, 2.75) is 37.8 Å². The van der Waals surface area contributed by atoms with E-state index in [2.05, 4.69) is 15.6 Å². The van der Waals surface area contributed by atoms with E-state index in [0.29, 0.717) is 18.5 Å². The number of rotatable bonds is 4. The third-order valence-electron chi connectivity index (χ3n) is 3.23. The molecule has 104 valence electrons. The first kappa shape index (κ1) is 13.6. The Bertz CT molecular complexity index is 530. The third-order valence-corrected chi connectivity index (χ3v) is 3.95. The molecule has 1 aliphatic carbocycles. The Morgan fingerprint density at radius 3 is 2.63 bits per heavy atom. The van der Waals surface area contributed by atoms with Crippen LogP contribution in [0.5, 0.6) is 0 Å². The molecular formula is C11H15N3O4S. The monoisotopic (exact) mass is 285 g/mol. The van der Waals surface area contributed by atoms with Crippen LogP contribution in [0.1, 0.15) is 31.4 Å². The van der Waals surface area contributed by atoms with E-state index in [1.807, 2.05) is 0 Å². The zero-order chi connectivity index (χ0) is 13.9. The lowest BCUT2D eigenvalue weighted by Gasteiger charge is -2.25. The maximum Gasteiger partial charge on any atom is 0.329 e. The van der Waals surface area contributed by atoms with Crippen LogP contribution in [-0.4, -0.2) is 27.6 Å². The number of amides is 2. The number of aromatic amines is 1. The molecule has 1 aliphatic rings. The SMILES string of the molecule is O=C(NCc1csc(=O)[nH]1)NC1(C(=O)O)CCCC1. The van der Waals surface area contributed by atoms with Crippen LogP contribution in [0.3, 0.4) is 0 Å². The number of carboxylic acids is 1. The van der Waals surface area contributed by atoms with Gasteiger partial charge in [0.05, 0.1) is 6.54 Å². The van der Waals surface area contributed by atoms with E-state index in [0.717, 1.165) is 24.2 Å². The second-order valence-corrected chi connectivity index (χ2v) is 5.42. The summed E-state index contributed by atoms with van der Waals surface area (Å²) in [5, 5.41) is 15.9. The third kappa shape index (κ3) is 3.14. The van der Waals surface area contributed by atoms with Gasteiger partial charge in [-0.05, 0) is 12.8 Å². The first-order chi connectivity index (χ1) is 9.02. The van der Waals surface area contributed by atoms with Crippen molar-refractivity contribution < 1.29 is 14.7 Å². The molecule has 1 aromatic rings. The molecule has 1 aromatic heterocycles. The van der Waals surface area contributed by atoms with Crippen LogP contribution in [0.25, 0.3) is 0 Å². The lowest BCUT2D eigenvalue weighted by molar-refractivity contribution is -0.144. The fourth-order valence-corrected chi connectivity index (χ4v) is 2.79. The standard InChI is InChI=1S/C11H15N3O4S/c15-8(16)11(3-1-2-4-11)14-9(17)12-5-7-6-19-10(18)13-7/h6H,1-5H2,(H,13,18)(H,15,16)(H2,12,14,17). The van der Waals surface area contributed by atoms with E-state index in [-0.39, 0.29) is 11.4 Å². The van der Waals surface area contributed by atoms with Gasteiger partial charge in [0, 0.05) is 11.1 Å². The summed E-state index contributed by atoms with van der Waals surface area (Å²) in [6, 6.07) is -0.531. The summed E-state index contributed by atoms with van der Waals surface area (Å²) < 4.78 is 0. The minimum Gasteiger partial charge on any atom is -0.480 e. The summed E-state index contributed by atoms with van der Waals surface area (Å²) in [7, 11) is 0. The number of carboxylic acid groups (broad SMARTS) is 1. The van der Waals surface area contributed by atoms with Gasteiger partial charge in [0.1, 0.15) is 5.54 Å². The number of hydrogen-bond acceptors (Lipinski definition) is 4. The number of nitrogens with one attached hydrogen (secondary N) is 3. The molecule has 1 saturated carbocycles. The van der Waals surface area contributed by atoms with E-state index >= 15 is 0 Å². The lowest BCUT2D eigenvalue weighted by Crippen LogP contribution is -2.55. The largest absolute Gasteiger partial charge is 0.480 e. The van der Waals surface area contributed by atoms with Gasteiger partial charge in [-0.1, -0.05) is 24.2 Å². The highest BCUT2D eigenvalue weighted by atomic mass is 32.1. The number of carbonyl (C=O) groups excluding carboxylic acids is 1. The Morgan fingerprint density at radius 1 is 1.42 bits per heavy atom. The van der Waals surface area contributed by atoms with Crippen LogP contribution < -0.4 is 15.5 Å². The average molecular weight is 285 g/mol. The van der Waals surface area contributed by atoms with Gasteiger partial charge >= 0.3 is 16.9 Å². The fourth-order valence-electron chi connectivity index (χ4n) is 2.21. The average Bonchev–Trinajstić information content (AvgIpc) is 2.97. The van der Waals surface area contributed by atoms with Gasteiger partial charge < -0.3 is 20.7 Å². The Hall–Kier alpha value is -1.83. The molecule has 0 unspecified atom stereocenters. The molecule has 0 aromatic carbocycles. The van der Waals surface area contributed by atoms with Gasteiger partial charge in [-0.25, -0.2) is 9.59 Å². The number of aliphatic carboxylic acids is 1. The molecule has 1 heterocycles. The first-order valence-corrected chi connectivity index (χ1v) is 6.86. The van der Waals surface area contributed by atoms with Crippen molar-refractivity contribution in [3.63, 3.8) is 0 Å². The molecule has 8 heteroatoms. The molecule has 4 N–H and O–H groups in total. The van der Waals surface area contributed by atoms with E-state index in [1.54, 1.807) is 5.38 Å². The van der Waals surface area contributed by atoms with Gasteiger partial charge in [-0.3, -0.25) is 4.79 Å². The van der Waals surface area contributed by atoms with Crippen LogP contribution >= 0.6 is 11.3 Å². The summed E-state index contributed by atoms with van der Waals surface area (Å²) in [5.74, 6) is -0.996. The number of urea groups is 1. The number of hydrogen-bond donors (Lipinski definition) is 4. The zero-order valence-corrected chi connectivity index (χ0v) is 11.0. The van der Waals surface area contributed by atoms with E-state index < -0.39 is 17.5 Å². The maximum absolute atomic E-state index is 11.7. The number of thiazole rings is 1. The van der Waals surface area contributed by atoms with Crippen molar-refractivity contribution in [3.05, 3.63) is 20.7 Å². The minimum atomic E-state index is -1.15. The summed E-state index contributed by atoms with van der Waals surface area (Å²) in [6.07, 6.45) is 2.49. The zero-order valence-electron chi connectivity index (χ0n) is 10.2. The molecule has 0 saturated heterocycles. The Kier molecular flexibility index (Phi) is 3.89. The molecule has 0 radical (unpaired) electrons. The molecule has 1 fully saturated rings. The molecule has 0 spiro atoms. The van der Waals surface area contributed by atoms with E-state index in [9.17, 15) is 19.5 Å². The molecule has 2 rings (SSSR count). The van der Waals surface area contributed by atoms with Crippen molar-refractivity contribution in [2.75, 3.05) is 0 Å². The van der Waals surface area contributed by atoms with Crippen LogP contribution in [0.4, 0.5) is 4.79 Å². The minimum absolute atomic E-state index is 0.167. The molecule has 0 aliphatic heterocycles. The first-order valence-electron chi connectivity index (χ1n) is 5.98. The van der Waals surface area contributed by atoms with Crippen LogP contribution in [0, 0.1) is 0 Å². The van der Waals surface area contributed by atoms with E-state index in [4.69, 9.17) is 0 Å². The quantitative estimate of drug-likeness (QED) is 0.650. The molecular weight excluding hydrogens is 270 g/mol. The second-order valence-electron chi connectivity index (χ2n) is 4.58. The van der Waals surface area contributed by atoms with Crippen molar-refractivity contribution in [3.8, 4) is 0 Å². The van der Waals surface area contributed by atoms with Gasteiger partial charge in [-0.15, -0.1) is 0 Å². The topological polar surface area (TPSA) is 111 Å². The highest BCUT2D eigenvalue weighted by Gasteiger charge is 2.42. The predicted molar refractivity (Wildman–Crippen MR) is 69.1 cm³/mol. The summed E-state index contributed by atoms with van der Waals surface area (Å²) in [6.45, 7) is 0.167. The van der Waals surface area contributed by atoms with Gasteiger partial charge in [0.25, 0.3) is 0 Å². The Labute approximate surface area is 113 Å². The molecule has 2 amide bonds. The van der Waals surface area contributed by atoms with Crippen molar-refractivity contribution in [1.82, 2.24) is 15.6 Å². The fraction of sp³-hybridized carbons (Fsp3) is 0.545. The predicted octanol–water partition coefficient (Wildman–Crippen LogP) is 0.633. The number of carbonyl (C=O) groups is 2. The second kappa shape index (κ2) is 5.43. The van der Waals surface area contributed by atoms with E-state index in [1.165, 1.54) is 0 Å². The summed E-state index contributed by atoms with van der Waals surface area (Å²) in [5.41, 5.74) is -0.549. The molecule has 0 atom stereocenters. The summed E-state index contributed by atoms with van der Waals surface area (Å²) >= 11 is 1.02. The normalized spacial score (nSPS) is 17.1. The van der Waals surface area contributed by atoms with Crippen LogP contribution in [0.2, 0.25) is 0 Å². The van der Waals surface area contributed by atoms with Crippen molar-refractivity contribution in [1.29, 1.82) is 0 Å². The number of H-pyrrole nitrogens is 1. The molecule has 19 heavy (non-hydrogen) atoms. The Balaban J connectivity index is 1.90. The smallest absolute Gasteiger partial charge is 0.329 e. The lowest BCUT2D eigenvalue weighted by atomic mass is 9.98. The number of aromatic nitrogens is 1. The van der Waals surface area contributed by atoms with Gasteiger partial charge in [0.2, 0.25) is 0 Å². The van der Waals surface area contributed by atoms with Crippen LogP contribution in [0.15, 0.2) is 10.2 Å². The van der Waals surface area contributed by atoms with Crippen molar-refractivity contribution in [2.24, 2.45) is 0 Å². The van der Waals surface area contributed by atoms with Crippen LogP contribution in [-0.2, 0) is 11.3 Å². The molecule has 7 nitrogen and oxygen atoms in total. The summed E-state index contributed by atoms with van der Waals surface area (Å²) in [4.78, 5) is 36.3.